The van der Waals surface area contributed by atoms with E-state index in [1.807, 2.05) is 0 Å². The van der Waals surface area contributed by atoms with E-state index in [1.54, 1.807) is 0 Å². The van der Waals surface area contributed by atoms with Gasteiger partial charge >= 0.3 is 5.97 Å². The Labute approximate surface area is 398 Å². The number of ether oxygens (including phenoxy) is 2. The third-order valence-corrected chi connectivity index (χ3v) is 13.6. The molecule has 0 aromatic heterocycles. The van der Waals surface area contributed by atoms with Gasteiger partial charge in [-0.15, -0.1) is 0 Å². The molecule has 0 aromatic carbocycles. The van der Waals surface area contributed by atoms with E-state index in [0.29, 0.717) is 44.0 Å². The summed E-state index contributed by atoms with van der Waals surface area (Å²) in [5, 5.41) is 0. The van der Waals surface area contributed by atoms with Gasteiger partial charge < -0.3 is 19.3 Å². The number of hydrogen-bond acceptors (Lipinski definition) is 7. The molecule has 0 aromatic rings. The maximum atomic E-state index is 13.1. The first-order chi connectivity index (χ1) is 31.2. The van der Waals surface area contributed by atoms with Crippen molar-refractivity contribution in [2.45, 2.75) is 279 Å². The van der Waals surface area contributed by atoms with Crippen molar-refractivity contribution in [1.82, 2.24) is 9.80 Å². The van der Waals surface area contributed by atoms with Crippen LogP contribution in [0.1, 0.15) is 273 Å². The zero-order valence-electron chi connectivity index (χ0n) is 44.0. The van der Waals surface area contributed by atoms with Crippen LogP contribution in [-0.2, 0) is 23.9 Å². The van der Waals surface area contributed by atoms with Crippen molar-refractivity contribution >= 4 is 18.4 Å². The molecule has 0 bridgehead atoms. The molecule has 0 fully saturated rings. The minimum atomic E-state index is -0.0443. The van der Waals surface area contributed by atoms with Crippen LogP contribution in [0.2, 0.25) is 0 Å². The summed E-state index contributed by atoms with van der Waals surface area (Å²) in [5.74, 6) is 3.09. The number of esters is 1. The number of allylic oxidation sites excluding steroid dienone is 3. The van der Waals surface area contributed by atoms with Gasteiger partial charge in [0, 0.05) is 19.0 Å². The van der Waals surface area contributed by atoms with Crippen molar-refractivity contribution in [2.24, 2.45) is 11.8 Å². The summed E-state index contributed by atoms with van der Waals surface area (Å²) in [5.41, 5.74) is 3.88. The highest BCUT2D eigenvalue weighted by atomic mass is 16.5. The van der Waals surface area contributed by atoms with Crippen LogP contribution < -0.4 is 0 Å². The van der Waals surface area contributed by atoms with Crippen LogP contribution in [0.5, 0.6) is 0 Å². The summed E-state index contributed by atoms with van der Waals surface area (Å²) in [6.07, 6.45) is 41.5. The molecule has 64 heavy (non-hydrogen) atoms. The molecule has 376 valence electrons. The van der Waals surface area contributed by atoms with Gasteiger partial charge in [-0.05, 0) is 110 Å². The van der Waals surface area contributed by atoms with Gasteiger partial charge in [0.2, 0.25) is 0 Å². The Morgan fingerprint density at radius 1 is 0.531 bits per heavy atom. The average molecular weight is 901 g/mol. The van der Waals surface area contributed by atoms with Gasteiger partial charge in [-0.25, -0.2) is 4.79 Å². The fourth-order valence-electron chi connectivity index (χ4n) is 9.55. The van der Waals surface area contributed by atoms with Crippen molar-refractivity contribution in [1.29, 1.82) is 0 Å². The summed E-state index contributed by atoms with van der Waals surface area (Å²) in [4.78, 5) is 41.5. The molecular formula is C57H108N2O5. The molecule has 0 saturated heterocycles. The van der Waals surface area contributed by atoms with Crippen LogP contribution in [0.15, 0.2) is 16.8 Å². The van der Waals surface area contributed by atoms with Crippen LogP contribution >= 0.6 is 0 Å². The SMILES string of the molecule is CCCCCCCCCC(CCCCCCCCC(=O)OCC(CCCCCC)C/C(CC(CCCC)COC=O)=C(\C)CCC)N(CCCN(C)C)C(=C=O)CCCCCCCC. The lowest BCUT2D eigenvalue weighted by Crippen LogP contribution is -2.37. The minimum absolute atomic E-state index is 0.0443. The van der Waals surface area contributed by atoms with Crippen molar-refractivity contribution in [3.05, 3.63) is 16.8 Å². The van der Waals surface area contributed by atoms with E-state index in [-0.39, 0.29) is 5.97 Å². The summed E-state index contributed by atoms with van der Waals surface area (Å²) < 4.78 is 11.3. The predicted octanol–water partition coefficient (Wildman–Crippen LogP) is 16.3. The molecule has 0 amide bonds. The van der Waals surface area contributed by atoms with Crippen LogP contribution in [0, 0.1) is 11.8 Å². The molecule has 0 N–H and O–H groups in total. The third kappa shape index (κ3) is 36.1. The molecule has 0 aliphatic heterocycles. The molecule has 0 radical (unpaired) electrons. The molecule has 0 heterocycles. The topological polar surface area (TPSA) is 76.2 Å². The molecule has 0 aliphatic rings. The monoisotopic (exact) mass is 901 g/mol. The maximum Gasteiger partial charge on any atom is 0.305 e. The standard InChI is InChI=1S/C57H108N2O5/c1-9-14-18-21-23-27-31-39-55(59(44-35-43-58(7)8)56(47-60)41-33-26-22-19-15-10-2)40-32-28-24-25-29-34-42-57(62)64-49-53(38-30-20-16-11-3)46-54(51(6)36-13-5)45-52(37-17-12-4)48-63-50-61/h50,52-53,55H,9-46,48-49H2,1-8H3/b54-51+. The Balaban J connectivity index is 5.35. The molecule has 3 atom stereocenters. The van der Waals surface area contributed by atoms with E-state index in [9.17, 15) is 14.4 Å². The average Bonchev–Trinajstić information content (AvgIpc) is 3.28. The molecular weight excluding hydrogens is 793 g/mol. The summed E-state index contributed by atoms with van der Waals surface area (Å²) in [6, 6.07) is 0.417. The first-order valence-corrected chi connectivity index (χ1v) is 27.7. The van der Waals surface area contributed by atoms with E-state index in [0.717, 1.165) is 115 Å². The summed E-state index contributed by atoms with van der Waals surface area (Å²) >= 11 is 0. The zero-order chi connectivity index (χ0) is 47.3. The summed E-state index contributed by atoms with van der Waals surface area (Å²) in [6.45, 7) is 17.1. The lowest BCUT2D eigenvalue weighted by molar-refractivity contribution is -0.145. The molecule has 7 heteroatoms. The van der Waals surface area contributed by atoms with Crippen molar-refractivity contribution < 1.29 is 23.9 Å². The second kappa shape index (κ2) is 46.0. The Hall–Kier alpha value is -2.11. The van der Waals surface area contributed by atoms with Crippen molar-refractivity contribution in [3.8, 4) is 0 Å². The minimum Gasteiger partial charge on any atom is -0.468 e. The number of nitrogens with zero attached hydrogens (tertiary/aromatic N) is 2. The lowest BCUT2D eigenvalue weighted by Gasteiger charge is -2.35. The molecule has 7 nitrogen and oxygen atoms in total. The molecule has 0 aliphatic carbocycles. The van der Waals surface area contributed by atoms with Gasteiger partial charge in [-0.1, -0.05) is 200 Å². The van der Waals surface area contributed by atoms with Gasteiger partial charge in [0.1, 0.15) is 5.94 Å². The Morgan fingerprint density at radius 2 is 1.00 bits per heavy atom. The van der Waals surface area contributed by atoms with Crippen molar-refractivity contribution in [3.63, 3.8) is 0 Å². The van der Waals surface area contributed by atoms with Crippen LogP contribution in [0.25, 0.3) is 0 Å². The third-order valence-electron chi connectivity index (χ3n) is 13.6. The Bertz CT molecular complexity index is 1150. The second-order valence-corrected chi connectivity index (χ2v) is 20.0. The Morgan fingerprint density at radius 3 is 1.52 bits per heavy atom. The zero-order valence-corrected chi connectivity index (χ0v) is 44.0. The second-order valence-electron chi connectivity index (χ2n) is 20.0. The molecule has 0 saturated carbocycles. The van der Waals surface area contributed by atoms with E-state index in [4.69, 9.17) is 9.47 Å². The van der Waals surface area contributed by atoms with Crippen molar-refractivity contribution in [2.75, 3.05) is 40.4 Å². The van der Waals surface area contributed by atoms with E-state index in [1.165, 1.54) is 140 Å². The Kier molecular flexibility index (Phi) is 44.5. The first kappa shape index (κ1) is 61.9. The highest BCUT2D eigenvalue weighted by Gasteiger charge is 2.22. The number of hydrogen-bond donors (Lipinski definition) is 0. The normalized spacial score (nSPS) is 13.3. The fourth-order valence-corrected chi connectivity index (χ4v) is 9.55. The van der Waals surface area contributed by atoms with Gasteiger partial charge in [-0.2, -0.15) is 0 Å². The smallest absolute Gasteiger partial charge is 0.305 e. The lowest BCUT2D eigenvalue weighted by atomic mass is 9.84. The fraction of sp³-hybridized carbons (Fsp3) is 0.895. The predicted molar refractivity (Wildman–Crippen MR) is 275 cm³/mol. The highest BCUT2D eigenvalue weighted by molar-refractivity contribution is 5.69. The van der Waals surface area contributed by atoms with Crippen LogP contribution in [0.3, 0.4) is 0 Å². The molecule has 3 unspecified atom stereocenters. The summed E-state index contributed by atoms with van der Waals surface area (Å²) in [7, 11) is 4.29. The highest BCUT2D eigenvalue weighted by Crippen LogP contribution is 2.31. The quantitative estimate of drug-likeness (QED) is 0.0198. The maximum absolute atomic E-state index is 13.1. The van der Waals surface area contributed by atoms with Crippen LogP contribution in [-0.4, -0.2) is 74.6 Å². The van der Waals surface area contributed by atoms with Crippen LogP contribution in [0.4, 0.5) is 0 Å². The van der Waals surface area contributed by atoms with Gasteiger partial charge in [0.05, 0.1) is 18.9 Å². The first-order valence-electron chi connectivity index (χ1n) is 27.7. The van der Waals surface area contributed by atoms with E-state index >= 15 is 0 Å². The largest absolute Gasteiger partial charge is 0.468 e. The molecule has 0 spiro atoms. The number of rotatable bonds is 49. The van der Waals surface area contributed by atoms with Gasteiger partial charge in [-0.3, -0.25) is 9.59 Å². The number of carbonyl (C=O) groups is 2. The van der Waals surface area contributed by atoms with Gasteiger partial charge in [0.25, 0.3) is 6.47 Å². The van der Waals surface area contributed by atoms with E-state index in [2.05, 4.69) is 71.4 Å². The number of carbonyl (C=O) groups excluding carboxylic acids is 3. The van der Waals surface area contributed by atoms with E-state index < -0.39 is 0 Å². The molecule has 0 rings (SSSR count). The number of unbranched alkanes of at least 4 members (excludes halogenated alkanes) is 20. The van der Waals surface area contributed by atoms with Gasteiger partial charge in [0.15, 0.2) is 0 Å².